The summed E-state index contributed by atoms with van der Waals surface area (Å²) < 4.78 is 13.7. The molecule has 0 aromatic heterocycles. The SMILES string of the molecule is CCOc1cc(/C=C2\SC(=O)N(Cc3ccccc3Br)C2=O)cc(Br)c1OCc1cccc2ccccc12. The molecule has 5 nitrogen and oxygen atoms in total. The van der Waals surface area contributed by atoms with Crippen molar-refractivity contribution >= 4 is 71.6 Å². The number of hydrogen-bond acceptors (Lipinski definition) is 5. The Morgan fingerprint density at radius 1 is 0.868 bits per heavy atom. The molecule has 5 rings (SSSR count). The number of thioether (sulfide) groups is 1. The molecule has 0 spiro atoms. The summed E-state index contributed by atoms with van der Waals surface area (Å²) in [5, 5.41) is 2.00. The van der Waals surface area contributed by atoms with Crippen LogP contribution in [-0.4, -0.2) is 22.7 Å². The van der Waals surface area contributed by atoms with E-state index in [0.717, 1.165) is 43.7 Å². The fourth-order valence-electron chi connectivity index (χ4n) is 4.23. The highest BCUT2D eigenvalue weighted by atomic mass is 79.9. The summed E-state index contributed by atoms with van der Waals surface area (Å²) in [6.07, 6.45) is 1.71. The second kappa shape index (κ2) is 11.8. The number of benzene rings is 4. The van der Waals surface area contributed by atoms with E-state index in [4.69, 9.17) is 9.47 Å². The van der Waals surface area contributed by atoms with Gasteiger partial charge in [-0.2, -0.15) is 0 Å². The van der Waals surface area contributed by atoms with Crippen LogP contribution in [-0.2, 0) is 17.9 Å². The van der Waals surface area contributed by atoms with E-state index in [-0.39, 0.29) is 17.7 Å². The lowest BCUT2D eigenvalue weighted by Crippen LogP contribution is -2.27. The summed E-state index contributed by atoms with van der Waals surface area (Å²) in [7, 11) is 0. The minimum absolute atomic E-state index is 0.207. The van der Waals surface area contributed by atoms with Gasteiger partial charge in [0.15, 0.2) is 11.5 Å². The van der Waals surface area contributed by atoms with Gasteiger partial charge >= 0.3 is 0 Å². The Morgan fingerprint density at radius 3 is 2.42 bits per heavy atom. The Balaban J connectivity index is 1.39. The van der Waals surface area contributed by atoms with E-state index in [0.29, 0.717) is 34.1 Å². The Kier molecular flexibility index (Phi) is 8.21. The Morgan fingerprint density at radius 2 is 1.61 bits per heavy atom. The van der Waals surface area contributed by atoms with Crippen molar-refractivity contribution in [3.63, 3.8) is 0 Å². The monoisotopic (exact) mass is 651 g/mol. The van der Waals surface area contributed by atoms with Gasteiger partial charge in [-0.1, -0.05) is 76.6 Å². The van der Waals surface area contributed by atoms with Crippen molar-refractivity contribution in [3.8, 4) is 11.5 Å². The van der Waals surface area contributed by atoms with Crippen LogP contribution in [0, 0.1) is 0 Å². The van der Waals surface area contributed by atoms with E-state index in [2.05, 4.69) is 56.1 Å². The van der Waals surface area contributed by atoms with Gasteiger partial charge in [0.2, 0.25) is 0 Å². The summed E-state index contributed by atoms with van der Waals surface area (Å²) in [5.41, 5.74) is 2.66. The lowest BCUT2D eigenvalue weighted by molar-refractivity contribution is -0.123. The van der Waals surface area contributed by atoms with Gasteiger partial charge in [-0.25, -0.2) is 0 Å². The van der Waals surface area contributed by atoms with Crippen LogP contribution in [0.2, 0.25) is 0 Å². The number of carbonyl (C=O) groups excluding carboxylic acids is 2. The maximum Gasteiger partial charge on any atom is 0.293 e. The maximum atomic E-state index is 13.1. The van der Waals surface area contributed by atoms with E-state index < -0.39 is 0 Å². The van der Waals surface area contributed by atoms with E-state index in [1.165, 1.54) is 4.90 Å². The lowest BCUT2D eigenvalue weighted by Gasteiger charge is -2.16. The highest BCUT2D eigenvalue weighted by Crippen LogP contribution is 2.40. The van der Waals surface area contributed by atoms with Crippen molar-refractivity contribution in [1.82, 2.24) is 4.90 Å². The molecule has 1 aliphatic rings. The van der Waals surface area contributed by atoms with Gasteiger partial charge in [0.25, 0.3) is 11.1 Å². The van der Waals surface area contributed by atoms with Crippen LogP contribution < -0.4 is 9.47 Å². The first kappa shape index (κ1) is 26.5. The van der Waals surface area contributed by atoms with Crippen molar-refractivity contribution in [3.05, 3.63) is 109 Å². The number of imide groups is 1. The third-order valence-corrected chi connectivity index (χ3v) is 8.31. The molecule has 1 fully saturated rings. The average molecular weight is 653 g/mol. The molecule has 38 heavy (non-hydrogen) atoms. The molecule has 192 valence electrons. The highest BCUT2D eigenvalue weighted by Gasteiger charge is 2.35. The van der Waals surface area contributed by atoms with Gasteiger partial charge in [-0.15, -0.1) is 0 Å². The van der Waals surface area contributed by atoms with Crippen LogP contribution in [0.3, 0.4) is 0 Å². The fourth-order valence-corrected chi connectivity index (χ4v) is 6.05. The topological polar surface area (TPSA) is 55.8 Å². The molecule has 4 aromatic rings. The number of halogens is 2. The normalized spacial score (nSPS) is 14.5. The molecule has 0 atom stereocenters. The Bertz CT molecular complexity index is 1560. The zero-order chi connectivity index (χ0) is 26.6. The number of rotatable bonds is 8. The fraction of sp³-hybridized carbons (Fsp3) is 0.133. The third kappa shape index (κ3) is 5.67. The van der Waals surface area contributed by atoms with Gasteiger partial charge < -0.3 is 9.47 Å². The molecule has 0 radical (unpaired) electrons. The van der Waals surface area contributed by atoms with Gasteiger partial charge in [0.05, 0.1) is 22.5 Å². The predicted molar refractivity (Wildman–Crippen MR) is 159 cm³/mol. The standard InChI is InChI=1S/C30H23Br2NO4S/c1-2-36-26-15-19(16-27-29(34)33(30(35)38-27)17-21-9-4-6-13-24(21)31)14-25(32)28(26)37-18-22-11-7-10-20-8-3-5-12-23(20)22/h3-16H,2,17-18H2,1H3/b27-16-. The van der Waals surface area contributed by atoms with Crippen LogP contribution in [0.5, 0.6) is 11.5 Å². The van der Waals surface area contributed by atoms with Gasteiger partial charge in [-0.3, -0.25) is 14.5 Å². The second-order valence-corrected chi connectivity index (χ2v) is 11.3. The largest absolute Gasteiger partial charge is 0.490 e. The van der Waals surface area contributed by atoms with E-state index >= 15 is 0 Å². The molecular weight excluding hydrogens is 630 g/mol. The van der Waals surface area contributed by atoms with E-state index in [9.17, 15) is 9.59 Å². The molecule has 1 heterocycles. The summed E-state index contributed by atoms with van der Waals surface area (Å²) in [4.78, 5) is 27.4. The first-order valence-corrected chi connectivity index (χ1v) is 14.4. The van der Waals surface area contributed by atoms with E-state index in [1.807, 2.05) is 61.5 Å². The number of carbonyl (C=O) groups is 2. The number of hydrogen-bond donors (Lipinski definition) is 0. The molecule has 1 saturated heterocycles. The molecule has 2 amide bonds. The second-order valence-electron chi connectivity index (χ2n) is 8.55. The van der Waals surface area contributed by atoms with Crippen LogP contribution in [0.25, 0.3) is 16.8 Å². The minimum atomic E-state index is -0.318. The quantitative estimate of drug-likeness (QED) is 0.179. The Hall–Kier alpha value is -3.07. The molecule has 0 N–H and O–H groups in total. The molecule has 0 unspecified atom stereocenters. The summed E-state index contributed by atoms with van der Waals surface area (Å²) in [6, 6.07) is 25.6. The number of fused-ring (bicyclic) bond motifs is 1. The summed E-state index contributed by atoms with van der Waals surface area (Å²) in [5.74, 6) is 0.820. The molecule has 8 heteroatoms. The van der Waals surface area contributed by atoms with Crippen molar-refractivity contribution in [2.24, 2.45) is 0 Å². The number of ether oxygens (including phenoxy) is 2. The van der Waals surface area contributed by atoms with Crippen molar-refractivity contribution in [2.45, 2.75) is 20.1 Å². The van der Waals surface area contributed by atoms with Crippen LogP contribution >= 0.6 is 43.6 Å². The molecule has 0 aliphatic carbocycles. The minimum Gasteiger partial charge on any atom is -0.490 e. The lowest BCUT2D eigenvalue weighted by atomic mass is 10.1. The van der Waals surface area contributed by atoms with Crippen LogP contribution in [0.4, 0.5) is 4.79 Å². The van der Waals surface area contributed by atoms with Gasteiger partial charge in [0, 0.05) is 4.47 Å². The van der Waals surface area contributed by atoms with Crippen molar-refractivity contribution in [1.29, 1.82) is 0 Å². The maximum absolute atomic E-state index is 13.1. The highest BCUT2D eigenvalue weighted by molar-refractivity contribution is 9.10. The molecular formula is C30H23Br2NO4S. The van der Waals surface area contributed by atoms with E-state index in [1.54, 1.807) is 6.08 Å². The first-order valence-electron chi connectivity index (χ1n) is 12.0. The van der Waals surface area contributed by atoms with Gasteiger partial charge in [-0.05, 0) is 86.4 Å². The van der Waals surface area contributed by atoms with Crippen molar-refractivity contribution in [2.75, 3.05) is 6.61 Å². The summed E-state index contributed by atoms with van der Waals surface area (Å²) in [6.45, 7) is 2.93. The molecule has 4 aromatic carbocycles. The van der Waals surface area contributed by atoms with Crippen molar-refractivity contribution < 1.29 is 19.1 Å². The predicted octanol–water partition coefficient (Wildman–Crippen LogP) is 8.58. The number of nitrogens with zero attached hydrogens (tertiary/aromatic N) is 1. The zero-order valence-electron chi connectivity index (χ0n) is 20.4. The van der Waals surface area contributed by atoms with Crippen LogP contribution in [0.15, 0.2) is 92.7 Å². The zero-order valence-corrected chi connectivity index (χ0v) is 24.4. The average Bonchev–Trinajstić information content (AvgIpc) is 3.17. The smallest absolute Gasteiger partial charge is 0.293 e. The molecule has 1 aliphatic heterocycles. The summed E-state index contributed by atoms with van der Waals surface area (Å²) >= 11 is 8.05. The molecule has 0 bridgehead atoms. The Labute approximate surface area is 242 Å². The third-order valence-electron chi connectivity index (χ3n) is 6.04. The number of amides is 2. The first-order chi connectivity index (χ1) is 18.4. The van der Waals surface area contributed by atoms with Gasteiger partial charge in [0.1, 0.15) is 6.61 Å². The van der Waals surface area contributed by atoms with Crippen LogP contribution in [0.1, 0.15) is 23.6 Å². The molecule has 0 saturated carbocycles.